The molecule has 0 aliphatic carbocycles. The van der Waals surface area contributed by atoms with Crippen LogP contribution in [0.2, 0.25) is 0 Å². The van der Waals surface area contributed by atoms with Gasteiger partial charge in [-0.25, -0.2) is 4.98 Å². The van der Waals surface area contributed by atoms with Gasteiger partial charge in [-0.2, -0.15) is 0 Å². The summed E-state index contributed by atoms with van der Waals surface area (Å²) in [6.45, 7) is 2.37. The second kappa shape index (κ2) is 6.68. The summed E-state index contributed by atoms with van der Waals surface area (Å²) in [6, 6.07) is 0.595. The van der Waals surface area contributed by atoms with Crippen LogP contribution in [0.4, 0.5) is 0 Å². The van der Waals surface area contributed by atoms with E-state index < -0.39 is 0 Å². The van der Waals surface area contributed by atoms with Crippen LogP contribution < -0.4 is 10.6 Å². The quantitative estimate of drug-likeness (QED) is 0.789. The van der Waals surface area contributed by atoms with Crippen molar-refractivity contribution >= 4 is 5.91 Å². The van der Waals surface area contributed by atoms with Gasteiger partial charge < -0.3 is 20.0 Å². The van der Waals surface area contributed by atoms with Crippen molar-refractivity contribution < 1.29 is 9.21 Å². The molecule has 6 nitrogen and oxygen atoms in total. The van der Waals surface area contributed by atoms with Crippen molar-refractivity contribution in [2.75, 3.05) is 27.2 Å². The lowest BCUT2D eigenvalue weighted by Crippen LogP contribution is -2.31. The Balaban J connectivity index is 1.74. The van der Waals surface area contributed by atoms with E-state index in [0.717, 1.165) is 13.0 Å². The van der Waals surface area contributed by atoms with Crippen molar-refractivity contribution in [3.05, 3.63) is 17.8 Å². The van der Waals surface area contributed by atoms with Gasteiger partial charge in [0.15, 0.2) is 5.69 Å². The highest BCUT2D eigenvalue weighted by atomic mass is 16.3. The summed E-state index contributed by atoms with van der Waals surface area (Å²) in [5.74, 6) is 0.370. The lowest BCUT2D eigenvalue weighted by molar-refractivity contribution is 0.0945. The number of aromatic nitrogens is 1. The zero-order chi connectivity index (χ0) is 13.7. The first-order valence-electron chi connectivity index (χ1n) is 6.78. The molecule has 1 aromatic rings. The number of nitrogens with zero attached hydrogens (tertiary/aromatic N) is 2. The van der Waals surface area contributed by atoms with Crippen LogP contribution in [-0.4, -0.2) is 49.0 Å². The van der Waals surface area contributed by atoms with Gasteiger partial charge in [0, 0.05) is 12.6 Å². The summed E-state index contributed by atoms with van der Waals surface area (Å²) in [5, 5.41) is 5.82. The first kappa shape index (κ1) is 14.0. The molecule has 2 N–H and O–H groups in total. The van der Waals surface area contributed by atoms with E-state index in [1.807, 2.05) is 7.05 Å². The number of rotatable bonds is 6. The summed E-state index contributed by atoms with van der Waals surface area (Å²) in [4.78, 5) is 18.3. The van der Waals surface area contributed by atoms with Gasteiger partial charge >= 0.3 is 0 Å². The Morgan fingerprint density at radius 3 is 3.16 bits per heavy atom. The minimum absolute atomic E-state index is 0.160. The minimum Gasteiger partial charge on any atom is -0.447 e. The first-order valence-corrected chi connectivity index (χ1v) is 6.78. The summed E-state index contributed by atoms with van der Waals surface area (Å²) in [5.41, 5.74) is 0.352. The number of carbonyl (C=O) groups is 1. The van der Waals surface area contributed by atoms with Gasteiger partial charge in [-0.1, -0.05) is 0 Å². The lowest BCUT2D eigenvalue weighted by atomic mass is 10.1. The van der Waals surface area contributed by atoms with E-state index in [2.05, 4.69) is 27.6 Å². The highest BCUT2D eigenvalue weighted by molar-refractivity contribution is 5.91. The largest absolute Gasteiger partial charge is 0.447 e. The standard InChI is InChI=1S/C13H22N4O2/c1-14-8-12-16-11(9-19-12)13(18)15-6-5-10-4-3-7-17(10)2/h9-10,14H,3-8H2,1-2H3,(H,15,18). The molecule has 1 fully saturated rings. The Morgan fingerprint density at radius 1 is 1.63 bits per heavy atom. The van der Waals surface area contributed by atoms with Crippen LogP contribution >= 0.6 is 0 Å². The van der Waals surface area contributed by atoms with Crippen molar-refractivity contribution in [2.45, 2.75) is 31.8 Å². The third kappa shape index (κ3) is 3.78. The molecule has 2 rings (SSSR count). The van der Waals surface area contributed by atoms with Gasteiger partial charge in [0.05, 0.1) is 6.54 Å². The van der Waals surface area contributed by atoms with Crippen molar-refractivity contribution in [3.8, 4) is 0 Å². The Kier molecular flexibility index (Phi) is 4.93. The van der Waals surface area contributed by atoms with Gasteiger partial charge in [-0.15, -0.1) is 0 Å². The molecule has 0 aromatic carbocycles. The normalized spacial score (nSPS) is 19.8. The predicted molar refractivity (Wildman–Crippen MR) is 71.9 cm³/mol. The van der Waals surface area contributed by atoms with Crippen molar-refractivity contribution in [3.63, 3.8) is 0 Å². The topological polar surface area (TPSA) is 70.4 Å². The maximum atomic E-state index is 11.8. The smallest absolute Gasteiger partial charge is 0.273 e. The fourth-order valence-electron chi connectivity index (χ4n) is 2.43. The number of carbonyl (C=O) groups excluding carboxylic acids is 1. The van der Waals surface area contributed by atoms with E-state index in [-0.39, 0.29) is 5.91 Å². The van der Waals surface area contributed by atoms with Crippen LogP contribution in [0.25, 0.3) is 0 Å². The SMILES string of the molecule is CNCc1nc(C(=O)NCCC2CCCN2C)co1. The second-order valence-corrected chi connectivity index (χ2v) is 4.98. The molecule has 1 aliphatic rings. The summed E-state index contributed by atoms with van der Waals surface area (Å²) in [6.07, 6.45) is 4.88. The van der Waals surface area contributed by atoms with Crippen LogP contribution in [0.3, 0.4) is 0 Å². The fourth-order valence-corrected chi connectivity index (χ4v) is 2.43. The number of likely N-dealkylation sites (tertiary alicyclic amines) is 1. The van der Waals surface area contributed by atoms with E-state index in [4.69, 9.17) is 4.42 Å². The molecule has 0 spiro atoms. The molecule has 1 aliphatic heterocycles. The molecule has 1 atom stereocenters. The number of amides is 1. The van der Waals surface area contributed by atoms with Crippen molar-refractivity contribution in [1.82, 2.24) is 20.5 Å². The lowest BCUT2D eigenvalue weighted by Gasteiger charge is -2.18. The molecule has 1 aromatic heterocycles. The zero-order valence-electron chi connectivity index (χ0n) is 11.6. The van der Waals surface area contributed by atoms with Crippen LogP contribution in [-0.2, 0) is 6.54 Å². The third-order valence-corrected chi connectivity index (χ3v) is 3.55. The molecule has 1 saturated heterocycles. The average Bonchev–Trinajstić information content (AvgIpc) is 3.00. The molecule has 2 heterocycles. The Morgan fingerprint density at radius 2 is 2.47 bits per heavy atom. The molecule has 0 bridgehead atoms. The molecular weight excluding hydrogens is 244 g/mol. The van der Waals surface area contributed by atoms with E-state index >= 15 is 0 Å². The molecule has 6 heteroatoms. The van der Waals surface area contributed by atoms with Crippen LogP contribution in [0.1, 0.15) is 35.6 Å². The third-order valence-electron chi connectivity index (χ3n) is 3.55. The number of nitrogens with one attached hydrogen (secondary N) is 2. The van der Waals surface area contributed by atoms with E-state index in [9.17, 15) is 4.79 Å². The van der Waals surface area contributed by atoms with Gasteiger partial charge in [0.1, 0.15) is 6.26 Å². The van der Waals surface area contributed by atoms with Gasteiger partial charge in [0.25, 0.3) is 5.91 Å². The van der Waals surface area contributed by atoms with E-state index in [0.29, 0.717) is 30.7 Å². The number of hydrogen-bond acceptors (Lipinski definition) is 5. The molecule has 0 radical (unpaired) electrons. The minimum atomic E-state index is -0.160. The number of hydrogen-bond donors (Lipinski definition) is 2. The van der Waals surface area contributed by atoms with Crippen LogP contribution in [0.5, 0.6) is 0 Å². The molecule has 106 valence electrons. The fraction of sp³-hybridized carbons (Fsp3) is 0.692. The molecule has 19 heavy (non-hydrogen) atoms. The highest BCUT2D eigenvalue weighted by Crippen LogP contribution is 2.17. The van der Waals surface area contributed by atoms with Gasteiger partial charge in [0.2, 0.25) is 5.89 Å². The van der Waals surface area contributed by atoms with E-state index in [1.165, 1.54) is 19.1 Å². The second-order valence-electron chi connectivity index (χ2n) is 4.98. The summed E-state index contributed by atoms with van der Waals surface area (Å²) >= 11 is 0. The van der Waals surface area contributed by atoms with Crippen LogP contribution in [0, 0.1) is 0 Å². The predicted octanol–water partition coefficient (Wildman–Crippen LogP) is 0.608. The van der Waals surface area contributed by atoms with E-state index in [1.54, 1.807) is 0 Å². The molecule has 1 amide bonds. The van der Waals surface area contributed by atoms with Gasteiger partial charge in [-0.05, 0) is 39.9 Å². The van der Waals surface area contributed by atoms with Gasteiger partial charge in [-0.3, -0.25) is 4.79 Å². The molecule has 0 saturated carbocycles. The highest BCUT2D eigenvalue weighted by Gasteiger charge is 2.20. The maximum Gasteiger partial charge on any atom is 0.273 e. The van der Waals surface area contributed by atoms with Crippen molar-refractivity contribution in [1.29, 1.82) is 0 Å². The van der Waals surface area contributed by atoms with Crippen molar-refractivity contribution in [2.24, 2.45) is 0 Å². The molecular formula is C13H22N4O2. The first-order chi connectivity index (χ1) is 9.20. The summed E-state index contributed by atoms with van der Waals surface area (Å²) < 4.78 is 5.18. The molecule has 1 unspecified atom stereocenters. The Bertz CT molecular complexity index is 419. The zero-order valence-corrected chi connectivity index (χ0v) is 11.6. The summed E-state index contributed by atoms with van der Waals surface area (Å²) in [7, 11) is 3.95. The Hall–Kier alpha value is -1.40. The monoisotopic (exact) mass is 266 g/mol. The maximum absolute atomic E-state index is 11.8. The number of oxazole rings is 1. The average molecular weight is 266 g/mol. The van der Waals surface area contributed by atoms with Crippen LogP contribution in [0.15, 0.2) is 10.7 Å². The Labute approximate surface area is 113 Å².